The second-order valence-corrected chi connectivity index (χ2v) is 8.69. The summed E-state index contributed by atoms with van der Waals surface area (Å²) in [4.78, 5) is 12.8. The van der Waals surface area contributed by atoms with Crippen LogP contribution in [0.25, 0.3) is 0 Å². The van der Waals surface area contributed by atoms with Crippen LogP contribution in [0.3, 0.4) is 0 Å². The first-order valence-electron chi connectivity index (χ1n) is 8.49. The van der Waals surface area contributed by atoms with Crippen LogP contribution in [0.4, 0.5) is 0 Å². The van der Waals surface area contributed by atoms with Crippen molar-refractivity contribution in [2.75, 3.05) is 6.54 Å². The highest BCUT2D eigenvalue weighted by Gasteiger charge is 2.39. The fraction of sp³-hybridized carbons (Fsp3) is 0.316. The Balaban J connectivity index is 1.74. The van der Waals surface area contributed by atoms with E-state index in [1.54, 1.807) is 30.3 Å². The number of halogens is 1. The average molecular weight is 393 g/mol. The molecule has 0 aliphatic carbocycles. The van der Waals surface area contributed by atoms with Gasteiger partial charge in [0.2, 0.25) is 15.9 Å². The Morgan fingerprint density at radius 3 is 2.58 bits per heavy atom. The van der Waals surface area contributed by atoms with Crippen LogP contribution < -0.4 is 5.32 Å². The smallest absolute Gasteiger partial charge is 0.243 e. The van der Waals surface area contributed by atoms with E-state index in [-0.39, 0.29) is 17.3 Å². The molecular formula is C19H21ClN2O3S. The zero-order valence-corrected chi connectivity index (χ0v) is 16.1. The maximum atomic E-state index is 12.9. The SMILES string of the molecule is Cc1ccc(S(=O)(=O)N2CCC[C@@H]2C(=O)NCc2ccccc2Cl)cc1. The van der Waals surface area contributed by atoms with Crippen LogP contribution in [0, 0.1) is 6.92 Å². The van der Waals surface area contributed by atoms with Gasteiger partial charge in [0, 0.05) is 18.1 Å². The summed E-state index contributed by atoms with van der Waals surface area (Å²) in [5, 5.41) is 3.39. The lowest BCUT2D eigenvalue weighted by Gasteiger charge is -2.23. The fourth-order valence-electron chi connectivity index (χ4n) is 3.08. The summed E-state index contributed by atoms with van der Waals surface area (Å²) >= 11 is 6.10. The number of nitrogens with one attached hydrogen (secondary N) is 1. The first-order chi connectivity index (χ1) is 12.4. The lowest BCUT2D eigenvalue weighted by molar-refractivity contribution is -0.124. The first kappa shape index (κ1) is 18.9. The third kappa shape index (κ3) is 3.92. The van der Waals surface area contributed by atoms with Crippen LogP contribution in [0.2, 0.25) is 5.02 Å². The Morgan fingerprint density at radius 1 is 1.19 bits per heavy atom. The maximum absolute atomic E-state index is 12.9. The van der Waals surface area contributed by atoms with E-state index in [1.165, 1.54) is 4.31 Å². The molecule has 3 rings (SSSR count). The number of hydrogen-bond donors (Lipinski definition) is 1. The van der Waals surface area contributed by atoms with E-state index < -0.39 is 16.1 Å². The zero-order chi connectivity index (χ0) is 18.7. The third-order valence-electron chi connectivity index (χ3n) is 4.54. The van der Waals surface area contributed by atoms with E-state index in [0.717, 1.165) is 11.1 Å². The number of sulfonamides is 1. The first-order valence-corrected chi connectivity index (χ1v) is 10.3. The molecule has 2 aromatic carbocycles. The molecule has 5 nitrogen and oxygen atoms in total. The minimum Gasteiger partial charge on any atom is -0.351 e. The Labute approximate surface area is 159 Å². The van der Waals surface area contributed by atoms with Crippen molar-refractivity contribution in [3.63, 3.8) is 0 Å². The minimum absolute atomic E-state index is 0.217. The van der Waals surface area contributed by atoms with E-state index in [4.69, 9.17) is 11.6 Å². The highest BCUT2D eigenvalue weighted by Crippen LogP contribution is 2.26. The molecule has 1 atom stereocenters. The summed E-state index contributed by atoms with van der Waals surface area (Å²) in [6, 6.07) is 13.3. The molecular weight excluding hydrogens is 372 g/mol. The summed E-state index contributed by atoms with van der Waals surface area (Å²) in [6.07, 6.45) is 1.18. The zero-order valence-electron chi connectivity index (χ0n) is 14.5. The Morgan fingerprint density at radius 2 is 1.88 bits per heavy atom. The second-order valence-electron chi connectivity index (χ2n) is 6.40. The van der Waals surface area contributed by atoms with Gasteiger partial charge in [-0.05, 0) is 43.5 Å². The molecule has 0 aromatic heterocycles. The normalized spacial score (nSPS) is 18.0. The number of aryl methyl sites for hydroxylation is 1. The van der Waals surface area contributed by atoms with Gasteiger partial charge in [0.25, 0.3) is 0 Å². The standard InChI is InChI=1S/C19H21ClN2O3S/c1-14-8-10-16(11-9-14)26(24,25)22-12-4-7-18(22)19(23)21-13-15-5-2-3-6-17(15)20/h2-3,5-6,8-11,18H,4,7,12-13H2,1H3,(H,21,23)/t18-/m1/s1. The van der Waals surface area contributed by atoms with Gasteiger partial charge in [-0.1, -0.05) is 47.5 Å². The Bertz CT molecular complexity index is 897. The van der Waals surface area contributed by atoms with Gasteiger partial charge < -0.3 is 5.32 Å². The fourth-order valence-corrected chi connectivity index (χ4v) is 4.94. The molecule has 1 amide bonds. The number of amides is 1. The van der Waals surface area contributed by atoms with E-state index in [1.807, 2.05) is 25.1 Å². The van der Waals surface area contributed by atoms with Crippen molar-refractivity contribution >= 4 is 27.5 Å². The molecule has 0 bridgehead atoms. The van der Waals surface area contributed by atoms with Gasteiger partial charge in [-0.2, -0.15) is 4.31 Å². The van der Waals surface area contributed by atoms with Gasteiger partial charge in [-0.15, -0.1) is 0 Å². The number of carbonyl (C=O) groups excluding carboxylic acids is 1. The molecule has 2 aromatic rings. The summed E-state index contributed by atoms with van der Waals surface area (Å²) in [5.74, 6) is -0.293. The molecule has 138 valence electrons. The summed E-state index contributed by atoms with van der Waals surface area (Å²) in [6.45, 7) is 2.52. The number of rotatable bonds is 5. The maximum Gasteiger partial charge on any atom is 0.243 e. The van der Waals surface area contributed by atoms with Crippen LogP contribution in [-0.4, -0.2) is 31.2 Å². The predicted molar refractivity (Wildman–Crippen MR) is 101 cm³/mol. The molecule has 0 unspecified atom stereocenters. The van der Waals surface area contributed by atoms with Gasteiger partial charge in [0.1, 0.15) is 6.04 Å². The highest BCUT2D eigenvalue weighted by atomic mass is 35.5. The third-order valence-corrected chi connectivity index (χ3v) is 6.84. The number of nitrogens with zero attached hydrogens (tertiary/aromatic N) is 1. The van der Waals surface area contributed by atoms with Crippen molar-refractivity contribution in [1.29, 1.82) is 0 Å². The van der Waals surface area contributed by atoms with Crippen LogP contribution in [-0.2, 0) is 21.4 Å². The van der Waals surface area contributed by atoms with Crippen LogP contribution in [0.1, 0.15) is 24.0 Å². The number of carbonyl (C=O) groups is 1. The quantitative estimate of drug-likeness (QED) is 0.850. The van der Waals surface area contributed by atoms with Crippen LogP contribution in [0.5, 0.6) is 0 Å². The molecule has 1 aliphatic heterocycles. The van der Waals surface area contributed by atoms with Gasteiger partial charge in [0.15, 0.2) is 0 Å². The molecule has 0 radical (unpaired) electrons. The summed E-state index contributed by atoms with van der Waals surface area (Å²) in [7, 11) is -3.69. The largest absolute Gasteiger partial charge is 0.351 e. The van der Waals surface area contributed by atoms with E-state index in [0.29, 0.717) is 24.4 Å². The molecule has 1 fully saturated rings. The Hall–Kier alpha value is -1.89. The van der Waals surface area contributed by atoms with Gasteiger partial charge in [-0.3, -0.25) is 4.79 Å². The molecule has 1 heterocycles. The molecule has 0 saturated carbocycles. The average Bonchev–Trinajstić information content (AvgIpc) is 3.12. The molecule has 1 N–H and O–H groups in total. The van der Waals surface area contributed by atoms with Crippen molar-refractivity contribution in [2.45, 2.75) is 37.2 Å². The Kier molecular flexibility index (Phi) is 5.65. The van der Waals surface area contributed by atoms with E-state index in [2.05, 4.69) is 5.32 Å². The second kappa shape index (κ2) is 7.78. The van der Waals surface area contributed by atoms with Crippen molar-refractivity contribution in [1.82, 2.24) is 9.62 Å². The number of hydrogen-bond acceptors (Lipinski definition) is 3. The van der Waals surface area contributed by atoms with Crippen LogP contribution in [0.15, 0.2) is 53.4 Å². The van der Waals surface area contributed by atoms with Gasteiger partial charge in [-0.25, -0.2) is 8.42 Å². The summed E-state index contributed by atoms with van der Waals surface area (Å²) < 4.78 is 27.1. The van der Waals surface area contributed by atoms with Crippen molar-refractivity contribution < 1.29 is 13.2 Å². The van der Waals surface area contributed by atoms with Crippen molar-refractivity contribution in [3.8, 4) is 0 Å². The lowest BCUT2D eigenvalue weighted by atomic mass is 10.2. The molecule has 1 saturated heterocycles. The molecule has 7 heteroatoms. The van der Waals surface area contributed by atoms with E-state index in [9.17, 15) is 13.2 Å². The minimum atomic E-state index is -3.69. The molecule has 1 aliphatic rings. The predicted octanol–water partition coefficient (Wildman–Crippen LogP) is 3.12. The molecule has 0 spiro atoms. The van der Waals surface area contributed by atoms with Gasteiger partial charge in [0.05, 0.1) is 4.90 Å². The topological polar surface area (TPSA) is 66.5 Å². The van der Waals surface area contributed by atoms with Gasteiger partial charge >= 0.3 is 0 Å². The number of benzene rings is 2. The molecule has 26 heavy (non-hydrogen) atoms. The van der Waals surface area contributed by atoms with Crippen molar-refractivity contribution in [3.05, 3.63) is 64.7 Å². The van der Waals surface area contributed by atoms with Crippen LogP contribution >= 0.6 is 11.6 Å². The lowest BCUT2D eigenvalue weighted by Crippen LogP contribution is -2.45. The summed E-state index contributed by atoms with van der Waals surface area (Å²) in [5.41, 5.74) is 1.79. The highest BCUT2D eigenvalue weighted by molar-refractivity contribution is 7.89. The van der Waals surface area contributed by atoms with E-state index >= 15 is 0 Å². The monoisotopic (exact) mass is 392 g/mol. The van der Waals surface area contributed by atoms with Crippen molar-refractivity contribution in [2.24, 2.45) is 0 Å².